The Morgan fingerprint density at radius 1 is 1.35 bits per heavy atom. The molecule has 23 heavy (non-hydrogen) atoms. The molecule has 0 saturated carbocycles. The predicted molar refractivity (Wildman–Crippen MR) is 78.5 cm³/mol. The maximum absolute atomic E-state index is 13.9. The zero-order chi connectivity index (χ0) is 17.1. The minimum absolute atomic E-state index is 0.0557. The van der Waals surface area contributed by atoms with Crippen LogP contribution in [0.3, 0.4) is 0 Å². The number of nitrogens with one attached hydrogen (secondary N) is 1. The highest BCUT2D eigenvalue weighted by Crippen LogP contribution is 2.27. The Hall–Kier alpha value is -2.38. The fourth-order valence-electron chi connectivity index (χ4n) is 2.33. The smallest absolute Gasteiger partial charge is 0.321 e. The molecule has 8 heteroatoms. The molecule has 0 radical (unpaired) electrons. The number of carboxylic acids is 1. The molecule has 2 N–H and O–H groups in total. The minimum Gasteiger partial charge on any atom is -0.485 e. The van der Waals surface area contributed by atoms with Crippen LogP contribution in [-0.4, -0.2) is 41.2 Å². The summed E-state index contributed by atoms with van der Waals surface area (Å²) in [7, 11) is 0. The van der Waals surface area contributed by atoms with E-state index < -0.39 is 41.4 Å². The summed E-state index contributed by atoms with van der Waals surface area (Å²) in [4.78, 5) is 24.2. The van der Waals surface area contributed by atoms with Gasteiger partial charge in [0.2, 0.25) is 0 Å². The zero-order valence-electron chi connectivity index (χ0n) is 12.8. The Morgan fingerprint density at radius 2 is 1.96 bits per heavy atom. The number of amides is 2. The van der Waals surface area contributed by atoms with Gasteiger partial charge in [-0.3, -0.25) is 4.79 Å². The zero-order valence-corrected chi connectivity index (χ0v) is 12.8. The van der Waals surface area contributed by atoms with Crippen LogP contribution in [0.1, 0.15) is 20.3 Å². The van der Waals surface area contributed by atoms with Crippen LogP contribution in [0, 0.1) is 17.6 Å². The van der Waals surface area contributed by atoms with E-state index in [9.17, 15) is 18.4 Å². The van der Waals surface area contributed by atoms with Gasteiger partial charge in [0.1, 0.15) is 0 Å². The van der Waals surface area contributed by atoms with Crippen LogP contribution in [-0.2, 0) is 4.79 Å². The van der Waals surface area contributed by atoms with Crippen molar-refractivity contribution in [1.82, 2.24) is 4.90 Å². The molecule has 0 bridgehead atoms. The first-order valence-electron chi connectivity index (χ1n) is 7.22. The van der Waals surface area contributed by atoms with Gasteiger partial charge in [0, 0.05) is 30.9 Å². The van der Waals surface area contributed by atoms with Crippen LogP contribution in [0.25, 0.3) is 0 Å². The monoisotopic (exact) mass is 328 g/mol. The number of carboxylic acid groups (broad SMARTS) is 1. The molecular weight excluding hydrogens is 310 g/mol. The average Bonchev–Trinajstić information content (AvgIpc) is 2.92. The quantitative estimate of drug-likeness (QED) is 0.891. The number of nitrogens with zero attached hydrogens (tertiary/aromatic N) is 1. The number of aliphatic carboxylic acids is 1. The van der Waals surface area contributed by atoms with Gasteiger partial charge in [-0.05, 0) is 20.3 Å². The van der Waals surface area contributed by atoms with Crippen molar-refractivity contribution >= 4 is 17.7 Å². The summed E-state index contributed by atoms with van der Waals surface area (Å²) in [6, 6.07) is 1.33. The Kier molecular flexibility index (Phi) is 5.02. The number of anilines is 1. The third kappa shape index (κ3) is 4.08. The maximum atomic E-state index is 13.9. The van der Waals surface area contributed by atoms with E-state index in [1.54, 1.807) is 13.8 Å². The summed E-state index contributed by atoms with van der Waals surface area (Å²) in [6.45, 7) is 3.63. The van der Waals surface area contributed by atoms with Gasteiger partial charge in [0.25, 0.3) is 0 Å². The van der Waals surface area contributed by atoms with Crippen molar-refractivity contribution in [2.45, 2.75) is 26.4 Å². The summed E-state index contributed by atoms with van der Waals surface area (Å²) in [5, 5.41) is 11.3. The lowest BCUT2D eigenvalue weighted by Gasteiger charge is -2.18. The lowest BCUT2D eigenvalue weighted by molar-refractivity contribution is -0.141. The molecule has 1 unspecified atom stereocenters. The lowest BCUT2D eigenvalue weighted by atomic mass is 10.1. The molecule has 1 aliphatic heterocycles. The molecule has 1 atom stereocenters. The van der Waals surface area contributed by atoms with Crippen molar-refractivity contribution in [2.75, 3.05) is 18.4 Å². The van der Waals surface area contributed by atoms with E-state index in [1.165, 1.54) is 4.90 Å². The van der Waals surface area contributed by atoms with Crippen LogP contribution < -0.4 is 10.1 Å². The Balaban J connectivity index is 2.06. The number of hydrogen-bond acceptors (Lipinski definition) is 3. The number of carbonyl (C=O) groups is 2. The number of halogens is 2. The van der Waals surface area contributed by atoms with Gasteiger partial charge in [0.15, 0.2) is 17.4 Å². The van der Waals surface area contributed by atoms with Crippen molar-refractivity contribution in [2.24, 2.45) is 5.92 Å². The number of benzene rings is 1. The molecular formula is C15H18F2N2O4. The van der Waals surface area contributed by atoms with E-state index in [-0.39, 0.29) is 18.8 Å². The first-order chi connectivity index (χ1) is 10.8. The average molecular weight is 328 g/mol. The number of urea groups is 1. The Morgan fingerprint density at radius 3 is 2.43 bits per heavy atom. The van der Waals surface area contributed by atoms with Crippen molar-refractivity contribution in [1.29, 1.82) is 0 Å². The lowest BCUT2D eigenvalue weighted by Crippen LogP contribution is -2.33. The second kappa shape index (κ2) is 6.80. The Labute approximate surface area is 132 Å². The molecule has 0 aliphatic carbocycles. The second-order valence-corrected chi connectivity index (χ2v) is 5.64. The maximum Gasteiger partial charge on any atom is 0.321 e. The van der Waals surface area contributed by atoms with Crippen LogP contribution in [0.15, 0.2) is 12.1 Å². The molecule has 1 aromatic rings. The largest absolute Gasteiger partial charge is 0.485 e. The summed E-state index contributed by atoms with van der Waals surface area (Å²) in [5.41, 5.74) is -0.0557. The van der Waals surface area contributed by atoms with Gasteiger partial charge in [-0.1, -0.05) is 0 Å². The highest BCUT2D eigenvalue weighted by Gasteiger charge is 2.31. The highest BCUT2D eigenvalue weighted by atomic mass is 19.1. The number of likely N-dealkylation sites (tertiary alicyclic amines) is 1. The minimum atomic E-state index is -0.965. The normalized spacial score (nSPS) is 17.4. The van der Waals surface area contributed by atoms with Crippen LogP contribution in [0.4, 0.5) is 19.3 Å². The molecule has 1 saturated heterocycles. The second-order valence-electron chi connectivity index (χ2n) is 5.64. The molecule has 2 amide bonds. The van der Waals surface area contributed by atoms with E-state index in [0.717, 1.165) is 12.1 Å². The van der Waals surface area contributed by atoms with Crippen LogP contribution in [0.2, 0.25) is 0 Å². The fourth-order valence-corrected chi connectivity index (χ4v) is 2.33. The van der Waals surface area contributed by atoms with Gasteiger partial charge in [0.05, 0.1) is 12.0 Å². The number of rotatable bonds is 4. The summed E-state index contributed by atoms with van der Waals surface area (Å²) in [6.07, 6.45) is -0.0379. The summed E-state index contributed by atoms with van der Waals surface area (Å²) in [5.74, 6) is -3.91. The van der Waals surface area contributed by atoms with E-state index in [4.69, 9.17) is 9.84 Å². The van der Waals surface area contributed by atoms with E-state index in [2.05, 4.69) is 5.32 Å². The topological polar surface area (TPSA) is 78.9 Å². The van der Waals surface area contributed by atoms with E-state index in [1.807, 2.05) is 0 Å². The van der Waals surface area contributed by atoms with Crippen LogP contribution >= 0.6 is 0 Å². The van der Waals surface area contributed by atoms with Crippen molar-refractivity contribution in [3.05, 3.63) is 23.8 Å². The molecule has 0 spiro atoms. The SMILES string of the molecule is CC(C)Oc1c(F)cc(NC(=O)N2CCC(C(=O)O)C2)cc1F. The molecule has 126 valence electrons. The molecule has 1 fully saturated rings. The number of ether oxygens (including phenoxy) is 1. The Bertz CT molecular complexity index is 598. The molecule has 1 aliphatic rings. The molecule has 0 aromatic heterocycles. The molecule has 6 nitrogen and oxygen atoms in total. The first kappa shape index (κ1) is 17.0. The summed E-state index contributed by atoms with van der Waals surface area (Å²) < 4.78 is 32.8. The third-order valence-electron chi connectivity index (χ3n) is 3.43. The van der Waals surface area contributed by atoms with Crippen molar-refractivity contribution in [3.8, 4) is 5.75 Å². The first-order valence-corrected chi connectivity index (χ1v) is 7.22. The van der Waals surface area contributed by atoms with Gasteiger partial charge in [-0.25, -0.2) is 13.6 Å². The predicted octanol–water partition coefficient (Wildman–Crippen LogP) is 2.69. The third-order valence-corrected chi connectivity index (χ3v) is 3.43. The standard InChI is InChI=1S/C15H18F2N2O4/c1-8(2)23-13-11(16)5-10(6-12(13)17)18-15(22)19-4-3-9(7-19)14(20)21/h5-6,8-9H,3-4,7H2,1-2H3,(H,18,22)(H,20,21). The van der Waals surface area contributed by atoms with Gasteiger partial charge >= 0.3 is 12.0 Å². The highest BCUT2D eigenvalue weighted by molar-refractivity contribution is 5.90. The molecule has 1 heterocycles. The number of hydrogen-bond donors (Lipinski definition) is 2. The molecule has 2 rings (SSSR count). The van der Waals surface area contributed by atoms with E-state index in [0.29, 0.717) is 6.42 Å². The van der Waals surface area contributed by atoms with Gasteiger partial charge in [-0.2, -0.15) is 0 Å². The fraction of sp³-hybridized carbons (Fsp3) is 0.467. The summed E-state index contributed by atoms with van der Waals surface area (Å²) >= 11 is 0. The van der Waals surface area contributed by atoms with Gasteiger partial charge < -0.3 is 20.1 Å². The van der Waals surface area contributed by atoms with Crippen LogP contribution in [0.5, 0.6) is 5.75 Å². The van der Waals surface area contributed by atoms with Gasteiger partial charge in [-0.15, -0.1) is 0 Å². The number of carbonyl (C=O) groups excluding carboxylic acids is 1. The molecule has 1 aromatic carbocycles. The van der Waals surface area contributed by atoms with Crippen molar-refractivity contribution < 1.29 is 28.2 Å². The van der Waals surface area contributed by atoms with Crippen molar-refractivity contribution in [3.63, 3.8) is 0 Å². The van der Waals surface area contributed by atoms with E-state index >= 15 is 0 Å².